The number of nitro benzene ring substituents is 1. The number of nitriles is 1. The Bertz CT molecular complexity index is 578. The van der Waals surface area contributed by atoms with Crippen molar-refractivity contribution in [2.75, 3.05) is 13.2 Å². The Labute approximate surface area is 127 Å². The van der Waals surface area contributed by atoms with Gasteiger partial charge in [-0.25, -0.2) is 0 Å². The summed E-state index contributed by atoms with van der Waals surface area (Å²) in [6, 6.07) is 6.94. The molecule has 1 aromatic rings. The van der Waals surface area contributed by atoms with Gasteiger partial charge in [0.2, 0.25) is 0 Å². The van der Waals surface area contributed by atoms with Gasteiger partial charge in [-0.05, 0) is 31.1 Å². The second kappa shape index (κ2) is 8.36. The lowest BCUT2D eigenvalue weighted by Gasteiger charge is -2.22. The lowest BCUT2D eigenvalue weighted by molar-refractivity contribution is -0.384. The maximum absolute atomic E-state index is 12.1. The van der Waals surface area contributed by atoms with Crippen LogP contribution in [0, 0.1) is 21.4 Å². The van der Waals surface area contributed by atoms with Gasteiger partial charge >= 0.3 is 8.09 Å². The molecule has 118 valence electrons. The molecule has 0 heterocycles. The average molecular weight is 326 g/mol. The number of nitro groups is 1. The second-order valence-corrected chi connectivity index (χ2v) is 5.60. The first-order valence-corrected chi connectivity index (χ1v) is 7.91. The van der Waals surface area contributed by atoms with Gasteiger partial charge in [-0.15, -0.1) is 5.09 Å². The lowest BCUT2D eigenvalue weighted by Crippen LogP contribution is -2.28. The first-order chi connectivity index (χ1) is 10.5. The van der Waals surface area contributed by atoms with E-state index in [-0.39, 0.29) is 18.0 Å². The van der Waals surface area contributed by atoms with E-state index in [9.17, 15) is 15.0 Å². The highest BCUT2D eigenvalue weighted by molar-refractivity contribution is 7.57. The van der Waals surface area contributed by atoms with Crippen LogP contribution in [0.3, 0.4) is 0 Å². The van der Waals surface area contributed by atoms with Crippen molar-refractivity contribution in [3.05, 3.63) is 39.9 Å². The fourth-order valence-corrected chi connectivity index (χ4v) is 2.55. The number of nitrogens with one attached hydrogen (secondary N) is 1. The van der Waals surface area contributed by atoms with Crippen molar-refractivity contribution in [2.24, 2.45) is 5.16 Å². The Balaban J connectivity index is 2.94. The first kappa shape index (κ1) is 17.9. The summed E-state index contributed by atoms with van der Waals surface area (Å²) >= 11 is 0. The summed E-state index contributed by atoms with van der Waals surface area (Å²) in [5.41, 5.74) is 0.00923. The Hall–Kier alpha value is -2.11. The Kier molecular flexibility index (Phi) is 6.82. The predicted molar refractivity (Wildman–Crippen MR) is 78.6 cm³/mol. The summed E-state index contributed by atoms with van der Waals surface area (Å²) in [5, 5.41) is 25.7. The largest absolute Gasteiger partial charge is 0.606 e. The SMILES string of the molecule is CCN[P+]([O-])(OCC)O/N=C(/C#N)c1ccc([N+](=O)[O-])cc1. The minimum atomic E-state index is -3.63. The van der Waals surface area contributed by atoms with Gasteiger partial charge in [-0.2, -0.15) is 14.4 Å². The molecule has 0 bridgehead atoms. The summed E-state index contributed by atoms with van der Waals surface area (Å²) < 4.78 is 9.82. The van der Waals surface area contributed by atoms with Crippen LogP contribution in [0.1, 0.15) is 19.4 Å². The molecule has 0 saturated carbocycles. The quantitative estimate of drug-likeness (QED) is 0.331. The topological polar surface area (TPSA) is 133 Å². The number of hydrogen-bond acceptors (Lipinski definition) is 8. The third-order valence-electron chi connectivity index (χ3n) is 2.35. The minimum Gasteiger partial charge on any atom is -0.606 e. The average Bonchev–Trinajstić information content (AvgIpc) is 2.49. The third kappa shape index (κ3) is 5.02. The maximum atomic E-state index is 12.1. The molecule has 0 aliphatic carbocycles. The number of non-ortho nitro benzene ring substituents is 1. The van der Waals surface area contributed by atoms with Crippen LogP contribution >= 0.6 is 8.09 Å². The van der Waals surface area contributed by atoms with Crippen molar-refractivity contribution in [3.63, 3.8) is 0 Å². The van der Waals surface area contributed by atoms with E-state index in [1.165, 1.54) is 24.3 Å². The van der Waals surface area contributed by atoms with Crippen molar-refractivity contribution in [2.45, 2.75) is 13.8 Å². The first-order valence-electron chi connectivity index (χ1n) is 6.37. The molecule has 0 aliphatic heterocycles. The van der Waals surface area contributed by atoms with Gasteiger partial charge in [0, 0.05) is 24.2 Å². The highest BCUT2D eigenvalue weighted by Gasteiger charge is 2.31. The molecule has 0 aromatic heterocycles. The summed E-state index contributed by atoms with van der Waals surface area (Å²) in [6.07, 6.45) is 0. The van der Waals surface area contributed by atoms with E-state index < -0.39 is 13.0 Å². The van der Waals surface area contributed by atoms with E-state index in [0.717, 1.165) is 0 Å². The van der Waals surface area contributed by atoms with Gasteiger partial charge in [0.1, 0.15) is 6.07 Å². The molecule has 0 saturated heterocycles. The van der Waals surface area contributed by atoms with Crippen molar-refractivity contribution < 1.29 is 19.0 Å². The normalized spacial score (nSPS) is 14.0. The molecule has 0 fully saturated rings. The number of nitrogens with zero attached hydrogens (tertiary/aromatic N) is 3. The van der Waals surface area contributed by atoms with E-state index in [2.05, 4.69) is 10.2 Å². The second-order valence-electron chi connectivity index (χ2n) is 3.86. The predicted octanol–water partition coefficient (Wildman–Crippen LogP) is 1.52. The van der Waals surface area contributed by atoms with Crippen LogP contribution in [-0.4, -0.2) is 23.8 Å². The van der Waals surface area contributed by atoms with Crippen molar-refractivity contribution in [1.29, 1.82) is 5.26 Å². The molecular formula is C12H15N4O5P. The molecule has 1 unspecified atom stereocenters. The number of benzene rings is 1. The van der Waals surface area contributed by atoms with E-state index in [1.807, 2.05) is 0 Å². The van der Waals surface area contributed by atoms with Gasteiger partial charge in [-0.3, -0.25) is 10.1 Å². The van der Waals surface area contributed by atoms with Crippen molar-refractivity contribution in [3.8, 4) is 6.07 Å². The molecule has 1 atom stereocenters. The molecule has 1 N–H and O–H groups in total. The summed E-state index contributed by atoms with van der Waals surface area (Å²) in [4.78, 5) is 22.2. The molecule has 10 heteroatoms. The Morgan fingerprint density at radius 1 is 1.45 bits per heavy atom. The van der Waals surface area contributed by atoms with Crippen molar-refractivity contribution in [1.82, 2.24) is 5.09 Å². The van der Waals surface area contributed by atoms with Crippen molar-refractivity contribution >= 4 is 19.5 Å². The number of rotatable bonds is 8. The molecule has 1 rings (SSSR count). The highest BCUT2D eigenvalue weighted by atomic mass is 31.2. The maximum Gasteiger partial charge on any atom is 0.396 e. The molecule has 1 aromatic carbocycles. The van der Waals surface area contributed by atoms with Gasteiger partial charge < -0.3 is 4.89 Å². The lowest BCUT2D eigenvalue weighted by atomic mass is 10.1. The molecule has 0 spiro atoms. The van der Waals surface area contributed by atoms with E-state index >= 15 is 0 Å². The number of hydrogen-bond donors (Lipinski definition) is 1. The Morgan fingerprint density at radius 2 is 2.09 bits per heavy atom. The number of oxime groups is 1. The highest BCUT2D eigenvalue weighted by Crippen LogP contribution is 2.47. The van der Waals surface area contributed by atoms with Gasteiger partial charge in [-0.1, -0.05) is 0 Å². The van der Waals surface area contributed by atoms with Gasteiger partial charge in [0.15, 0.2) is 5.71 Å². The van der Waals surface area contributed by atoms with Crippen LogP contribution in [0.2, 0.25) is 0 Å². The Morgan fingerprint density at radius 3 is 2.55 bits per heavy atom. The van der Waals surface area contributed by atoms with Crippen LogP contribution in [0.5, 0.6) is 0 Å². The van der Waals surface area contributed by atoms with Gasteiger partial charge in [0.05, 0.1) is 11.5 Å². The summed E-state index contributed by atoms with van der Waals surface area (Å²) in [7, 11) is -3.63. The molecule has 9 nitrogen and oxygen atoms in total. The van der Waals surface area contributed by atoms with E-state index in [0.29, 0.717) is 12.1 Å². The minimum absolute atomic E-state index is 0.116. The molecule has 22 heavy (non-hydrogen) atoms. The van der Waals surface area contributed by atoms with Gasteiger partial charge in [0.25, 0.3) is 5.69 Å². The standard InChI is InChI=1S/C12H15N4O5P/c1-3-14-22(19,20-4-2)21-15-12(9-13)10-5-7-11(8-6-10)16(17)18/h5-8H,3-4H2,1-2H3,(H,14,19)/b15-12-. The smallest absolute Gasteiger partial charge is 0.396 e. The zero-order valence-electron chi connectivity index (χ0n) is 12.1. The van der Waals surface area contributed by atoms with E-state index in [1.54, 1.807) is 19.9 Å². The fourth-order valence-electron chi connectivity index (χ4n) is 1.43. The van der Waals surface area contributed by atoms with Crippen LogP contribution in [0.15, 0.2) is 29.4 Å². The van der Waals surface area contributed by atoms with Crippen LogP contribution < -0.4 is 9.98 Å². The monoisotopic (exact) mass is 326 g/mol. The molecule has 0 aliphatic rings. The van der Waals surface area contributed by atoms with Crippen LogP contribution in [0.25, 0.3) is 0 Å². The summed E-state index contributed by atoms with van der Waals surface area (Å²) in [6.45, 7) is 3.81. The molecular weight excluding hydrogens is 311 g/mol. The van der Waals surface area contributed by atoms with Crippen LogP contribution in [-0.2, 0) is 9.15 Å². The van der Waals surface area contributed by atoms with E-state index in [4.69, 9.17) is 14.4 Å². The molecule has 0 amide bonds. The summed E-state index contributed by atoms with van der Waals surface area (Å²) in [5.74, 6) is 0. The third-order valence-corrected chi connectivity index (χ3v) is 3.95. The molecule has 0 radical (unpaired) electrons. The van der Waals surface area contributed by atoms with Crippen LogP contribution in [0.4, 0.5) is 5.69 Å². The zero-order valence-corrected chi connectivity index (χ0v) is 12.9. The fraction of sp³-hybridized carbons (Fsp3) is 0.333. The zero-order chi connectivity index (χ0) is 16.6.